The Morgan fingerprint density at radius 1 is 1.25 bits per heavy atom. The fraction of sp³-hybridized carbons (Fsp3) is 0.389. The number of amides is 2. The lowest BCUT2D eigenvalue weighted by Gasteiger charge is -2.37. The van der Waals surface area contributed by atoms with Crippen molar-refractivity contribution in [1.82, 2.24) is 20.0 Å². The number of aromatic amines is 1. The van der Waals surface area contributed by atoms with Gasteiger partial charge in [0.1, 0.15) is 6.61 Å². The number of carbonyl (C=O) groups excluding carboxylic acids is 2. The SMILES string of the molecule is O=C(c1cc([N+](=O)[O-])[nH]n1)N1CCC(N2C(=O)OCC2c2ccccc2)CC1. The van der Waals surface area contributed by atoms with Crippen LogP contribution < -0.4 is 0 Å². The summed E-state index contributed by atoms with van der Waals surface area (Å²) >= 11 is 0. The Balaban J connectivity index is 1.42. The Bertz CT molecular complexity index is 891. The minimum absolute atomic E-state index is 0.0212. The average Bonchev–Trinajstić information content (AvgIpc) is 3.35. The number of piperidine rings is 1. The topological polar surface area (TPSA) is 122 Å². The molecule has 3 heterocycles. The third-order valence-electron chi connectivity index (χ3n) is 5.22. The highest BCUT2D eigenvalue weighted by Gasteiger charge is 2.40. The first-order valence-corrected chi connectivity index (χ1v) is 9.03. The molecular weight excluding hydrogens is 366 g/mol. The van der Waals surface area contributed by atoms with Crippen molar-refractivity contribution in [2.45, 2.75) is 24.9 Å². The zero-order valence-electron chi connectivity index (χ0n) is 15.0. The quantitative estimate of drug-likeness (QED) is 0.635. The highest BCUT2D eigenvalue weighted by atomic mass is 16.6. The van der Waals surface area contributed by atoms with Crippen molar-refractivity contribution in [2.24, 2.45) is 0 Å². The van der Waals surface area contributed by atoms with Gasteiger partial charge in [0, 0.05) is 19.1 Å². The van der Waals surface area contributed by atoms with Gasteiger partial charge < -0.3 is 19.8 Å². The normalized spacial score (nSPS) is 20.3. The van der Waals surface area contributed by atoms with Gasteiger partial charge in [-0.2, -0.15) is 0 Å². The number of benzene rings is 1. The highest BCUT2D eigenvalue weighted by Crippen LogP contribution is 2.33. The predicted octanol–water partition coefficient (Wildman–Crippen LogP) is 2.12. The molecule has 1 N–H and O–H groups in total. The fourth-order valence-corrected chi connectivity index (χ4v) is 3.79. The van der Waals surface area contributed by atoms with Crippen LogP contribution in [0.5, 0.6) is 0 Å². The minimum Gasteiger partial charge on any atom is -0.447 e. The maximum atomic E-state index is 12.5. The summed E-state index contributed by atoms with van der Waals surface area (Å²) < 4.78 is 5.28. The van der Waals surface area contributed by atoms with Crippen LogP contribution in [0.2, 0.25) is 0 Å². The molecule has 0 aliphatic carbocycles. The first-order chi connectivity index (χ1) is 13.5. The Hall–Kier alpha value is -3.43. The van der Waals surface area contributed by atoms with Gasteiger partial charge in [-0.25, -0.2) is 4.79 Å². The molecule has 146 valence electrons. The van der Waals surface area contributed by atoms with E-state index in [1.165, 1.54) is 0 Å². The van der Waals surface area contributed by atoms with Gasteiger partial charge in [0.15, 0.2) is 5.69 Å². The summed E-state index contributed by atoms with van der Waals surface area (Å²) in [5.74, 6) is -0.671. The molecule has 2 aliphatic rings. The number of rotatable bonds is 4. The molecule has 1 aromatic heterocycles. The molecule has 28 heavy (non-hydrogen) atoms. The lowest BCUT2D eigenvalue weighted by Crippen LogP contribution is -2.47. The second-order valence-corrected chi connectivity index (χ2v) is 6.83. The lowest BCUT2D eigenvalue weighted by atomic mass is 9.99. The molecule has 0 spiro atoms. The molecule has 10 nitrogen and oxygen atoms in total. The molecule has 2 aromatic rings. The maximum Gasteiger partial charge on any atom is 0.410 e. The zero-order valence-corrected chi connectivity index (χ0v) is 15.0. The number of hydrogen-bond acceptors (Lipinski definition) is 6. The number of hydrogen-bond donors (Lipinski definition) is 1. The van der Waals surface area contributed by atoms with Crippen LogP contribution in [0.15, 0.2) is 36.4 Å². The predicted molar refractivity (Wildman–Crippen MR) is 96.5 cm³/mol. The van der Waals surface area contributed by atoms with Crippen molar-refractivity contribution < 1.29 is 19.2 Å². The summed E-state index contributed by atoms with van der Waals surface area (Å²) in [6.45, 7) is 1.20. The number of ether oxygens (including phenoxy) is 1. The van der Waals surface area contributed by atoms with Gasteiger partial charge in [0.2, 0.25) is 0 Å². The summed E-state index contributed by atoms with van der Waals surface area (Å²) in [6.07, 6.45) is 0.884. The second-order valence-electron chi connectivity index (χ2n) is 6.83. The Morgan fingerprint density at radius 2 is 1.96 bits per heavy atom. The Labute approximate surface area is 160 Å². The zero-order chi connectivity index (χ0) is 19.7. The van der Waals surface area contributed by atoms with Gasteiger partial charge >= 0.3 is 11.9 Å². The van der Waals surface area contributed by atoms with Gasteiger partial charge in [-0.1, -0.05) is 35.4 Å². The molecule has 1 atom stereocenters. The van der Waals surface area contributed by atoms with Crippen LogP contribution in [0.25, 0.3) is 0 Å². The van der Waals surface area contributed by atoms with Crippen LogP contribution in [0.3, 0.4) is 0 Å². The van der Waals surface area contributed by atoms with Gasteiger partial charge in [-0.15, -0.1) is 5.10 Å². The summed E-state index contributed by atoms with van der Waals surface area (Å²) in [5.41, 5.74) is 1.04. The van der Waals surface area contributed by atoms with Gasteiger partial charge in [0.05, 0.1) is 12.1 Å². The van der Waals surface area contributed by atoms with Crippen LogP contribution in [-0.4, -0.2) is 62.7 Å². The van der Waals surface area contributed by atoms with E-state index in [9.17, 15) is 19.7 Å². The number of carbonyl (C=O) groups is 2. The van der Waals surface area contributed by atoms with E-state index in [1.54, 1.807) is 9.80 Å². The monoisotopic (exact) mass is 385 g/mol. The van der Waals surface area contributed by atoms with Crippen LogP contribution in [0.1, 0.15) is 34.9 Å². The van der Waals surface area contributed by atoms with E-state index in [2.05, 4.69) is 10.2 Å². The molecule has 0 radical (unpaired) electrons. The molecule has 1 aromatic carbocycles. The van der Waals surface area contributed by atoms with E-state index >= 15 is 0 Å². The third kappa shape index (κ3) is 3.28. The second kappa shape index (κ2) is 7.29. The molecular formula is C18H19N5O5. The molecule has 4 rings (SSSR count). The molecule has 2 saturated heterocycles. The standard InChI is InChI=1S/C18H19N5O5/c24-17(14-10-16(20-19-14)23(26)27)21-8-6-13(7-9-21)22-15(11-28-18(22)25)12-4-2-1-3-5-12/h1-5,10,13,15H,6-9,11H2,(H,19,20). The third-order valence-corrected chi connectivity index (χ3v) is 5.22. The van der Waals surface area contributed by atoms with Crippen molar-refractivity contribution in [3.8, 4) is 0 Å². The van der Waals surface area contributed by atoms with Gasteiger partial charge in [-0.05, 0) is 23.3 Å². The van der Waals surface area contributed by atoms with Crippen molar-refractivity contribution in [3.05, 3.63) is 57.8 Å². The highest BCUT2D eigenvalue weighted by molar-refractivity contribution is 5.92. The molecule has 0 bridgehead atoms. The van der Waals surface area contributed by atoms with Crippen molar-refractivity contribution in [3.63, 3.8) is 0 Å². The Morgan fingerprint density at radius 3 is 2.61 bits per heavy atom. The number of likely N-dealkylation sites (tertiary alicyclic amines) is 1. The van der Waals surface area contributed by atoms with Crippen molar-refractivity contribution in [2.75, 3.05) is 19.7 Å². The number of aromatic nitrogens is 2. The van der Waals surface area contributed by atoms with Gasteiger partial charge in [-0.3, -0.25) is 9.69 Å². The number of nitrogens with zero attached hydrogens (tertiary/aromatic N) is 4. The van der Waals surface area contributed by atoms with Crippen LogP contribution in [0, 0.1) is 10.1 Å². The number of nitro groups is 1. The van der Waals surface area contributed by atoms with Crippen LogP contribution in [-0.2, 0) is 4.74 Å². The molecule has 2 aliphatic heterocycles. The van der Waals surface area contributed by atoms with Crippen LogP contribution >= 0.6 is 0 Å². The lowest BCUT2D eigenvalue weighted by molar-refractivity contribution is -0.389. The Kier molecular flexibility index (Phi) is 4.68. The first kappa shape index (κ1) is 18.0. The minimum atomic E-state index is -0.626. The number of cyclic esters (lactones) is 1. The number of nitrogens with one attached hydrogen (secondary N) is 1. The van der Waals surface area contributed by atoms with E-state index in [0.717, 1.165) is 11.6 Å². The fourth-order valence-electron chi connectivity index (χ4n) is 3.79. The van der Waals surface area contributed by atoms with Crippen LogP contribution in [0.4, 0.5) is 10.6 Å². The van der Waals surface area contributed by atoms with E-state index in [-0.39, 0.29) is 35.6 Å². The summed E-state index contributed by atoms with van der Waals surface area (Å²) in [5, 5.41) is 16.7. The maximum absolute atomic E-state index is 12.5. The molecule has 10 heteroatoms. The van der Waals surface area contributed by atoms with E-state index in [0.29, 0.717) is 32.5 Å². The average molecular weight is 385 g/mol. The molecule has 2 fully saturated rings. The van der Waals surface area contributed by atoms with Crippen molar-refractivity contribution >= 4 is 17.8 Å². The van der Waals surface area contributed by atoms with E-state index in [4.69, 9.17) is 4.74 Å². The van der Waals surface area contributed by atoms with Gasteiger partial charge in [0.25, 0.3) is 5.91 Å². The summed E-state index contributed by atoms with van der Waals surface area (Å²) in [4.78, 5) is 38.3. The molecule has 0 saturated carbocycles. The largest absolute Gasteiger partial charge is 0.447 e. The summed E-state index contributed by atoms with van der Waals surface area (Å²) in [6, 6.07) is 10.7. The smallest absolute Gasteiger partial charge is 0.410 e. The summed E-state index contributed by atoms with van der Waals surface area (Å²) in [7, 11) is 0. The molecule has 2 amide bonds. The number of H-pyrrole nitrogens is 1. The van der Waals surface area contributed by atoms with E-state index < -0.39 is 4.92 Å². The van der Waals surface area contributed by atoms with Crippen molar-refractivity contribution in [1.29, 1.82) is 0 Å². The van der Waals surface area contributed by atoms with E-state index in [1.807, 2.05) is 30.3 Å². The molecule has 1 unspecified atom stereocenters. The first-order valence-electron chi connectivity index (χ1n) is 9.03.